The highest BCUT2D eigenvalue weighted by Gasteiger charge is 2.34. The Morgan fingerprint density at radius 2 is 2.14 bits per heavy atom. The van der Waals surface area contributed by atoms with Crippen molar-refractivity contribution in [3.8, 4) is 0 Å². The van der Waals surface area contributed by atoms with Crippen molar-refractivity contribution in [1.29, 1.82) is 0 Å². The molecule has 2 heterocycles. The van der Waals surface area contributed by atoms with Crippen LogP contribution in [0.15, 0.2) is 0 Å². The van der Waals surface area contributed by atoms with Crippen LogP contribution < -0.4 is 5.32 Å². The van der Waals surface area contributed by atoms with Crippen molar-refractivity contribution in [2.45, 2.75) is 31.1 Å². The third-order valence-corrected chi connectivity index (χ3v) is 2.88. The van der Waals surface area contributed by atoms with Gasteiger partial charge in [0.1, 0.15) is 0 Å². The summed E-state index contributed by atoms with van der Waals surface area (Å²) in [6.45, 7) is 1.56. The molecule has 2 saturated heterocycles. The molecule has 0 aromatic carbocycles. The van der Waals surface area contributed by atoms with Gasteiger partial charge in [-0.05, 0) is 12.8 Å². The predicted molar refractivity (Wildman–Crippen MR) is 49.6 cm³/mol. The number of aliphatic hydroxyl groups is 2. The van der Waals surface area contributed by atoms with E-state index < -0.39 is 6.10 Å². The fourth-order valence-corrected chi connectivity index (χ4v) is 2.07. The third-order valence-electron chi connectivity index (χ3n) is 2.88. The van der Waals surface area contributed by atoms with E-state index in [1.807, 2.05) is 0 Å². The first-order valence-corrected chi connectivity index (χ1v) is 5.05. The maximum atomic E-state index is 11.8. The van der Waals surface area contributed by atoms with Crippen molar-refractivity contribution < 1.29 is 15.0 Å². The van der Waals surface area contributed by atoms with E-state index in [0.29, 0.717) is 32.5 Å². The van der Waals surface area contributed by atoms with Gasteiger partial charge in [0.05, 0.1) is 18.2 Å². The van der Waals surface area contributed by atoms with Gasteiger partial charge < -0.3 is 20.4 Å². The van der Waals surface area contributed by atoms with Crippen LogP contribution in [0, 0.1) is 0 Å². The normalized spacial score (nSPS) is 37.9. The molecular formula is C9H16N2O3. The number of nitrogens with zero attached hydrogens (tertiary/aromatic N) is 1. The fraction of sp³-hybridized carbons (Fsp3) is 0.889. The molecule has 3 unspecified atom stereocenters. The lowest BCUT2D eigenvalue weighted by atomic mass is 10.2. The molecule has 5 heteroatoms. The minimum absolute atomic E-state index is 0.0121. The highest BCUT2D eigenvalue weighted by Crippen LogP contribution is 2.14. The van der Waals surface area contributed by atoms with Gasteiger partial charge in [-0.15, -0.1) is 0 Å². The van der Waals surface area contributed by atoms with Crippen molar-refractivity contribution in [3.05, 3.63) is 0 Å². The fourth-order valence-electron chi connectivity index (χ4n) is 2.07. The molecule has 0 aromatic rings. The van der Waals surface area contributed by atoms with Gasteiger partial charge in [0.15, 0.2) is 0 Å². The Morgan fingerprint density at radius 1 is 1.36 bits per heavy atom. The first-order chi connectivity index (χ1) is 6.66. The van der Waals surface area contributed by atoms with E-state index in [0.717, 1.165) is 0 Å². The molecule has 0 bridgehead atoms. The van der Waals surface area contributed by atoms with Crippen LogP contribution in [-0.4, -0.2) is 58.9 Å². The second kappa shape index (κ2) is 3.84. The summed E-state index contributed by atoms with van der Waals surface area (Å²) in [6, 6.07) is -0.254. The van der Waals surface area contributed by atoms with Crippen LogP contribution in [0.3, 0.4) is 0 Å². The largest absolute Gasteiger partial charge is 0.392 e. The number of carbonyl (C=O) groups excluding carboxylic acids is 1. The lowest BCUT2D eigenvalue weighted by Crippen LogP contribution is -2.42. The van der Waals surface area contributed by atoms with Crippen LogP contribution in [0.2, 0.25) is 0 Å². The molecule has 5 nitrogen and oxygen atoms in total. The molecule has 2 aliphatic heterocycles. The molecule has 1 amide bonds. The SMILES string of the molecule is O=C(C1CC(O)CN1)N1CCC(O)C1. The lowest BCUT2D eigenvalue weighted by molar-refractivity contribution is -0.132. The first kappa shape index (κ1) is 9.89. The van der Waals surface area contributed by atoms with Crippen LogP contribution in [0.5, 0.6) is 0 Å². The van der Waals surface area contributed by atoms with Gasteiger partial charge in [0, 0.05) is 19.6 Å². The number of rotatable bonds is 1. The molecule has 3 atom stereocenters. The summed E-state index contributed by atoms with van der Waals surface area (Å²) in [5, 5.41) is 21.5. The number of carbonyl (C=O) groups is 1. The Bertz CT molecular complexity index is 212. The maximum absolute atomic E-state index is 11.8. The maximum Gasteiger partial charge on any atom is 0.239 e. The van der Waals surface area contributed by atoms with Gasteiger partial charge in [-0.1, -0.05) is 0 Å². The number of amides is 1. The molecule has 2 fully saturated rings. The average Bonchev–Trinajstić information content (AvgIpc) is 2.73. The van der Waals surface area contributed by atoms with E-state index in [2.05, 4.69) is 5.32 Å². The van der Waals surface area contributed by atoms with Gasteiger partial charge in [0.25, 0.3) is 0 Å². The molecule has 80 valence electrons. The van der Waals surface area contributed by atoms with Crippen LogP contribution >= 0.6 is 0 Å². The summed E-state index contributed by atoms with van der Waals surface area (Å²) in [5.74, 6) is 0.0121. The Labute approximate surface area is 82.7 Å². The number of nitrogens with one attached hydrogen (secondary N) is 1. The van der Waals surface area contributed by atoms with E-state index in [1.165, 1.54) is 0 Å². The summed E-state index contributed by atoms with van der Waals surface area (Å²) in [4.78, 5) is 13.4. The van der Waals surface area contributed by atoms with Crippen LogP contribution in [0.25, 0.3) is 0 Å². The van der Waals surface area contributed by atoms with E-state index in [9.17, 15) is 15.0 Å². The number of hydrogen-bond donors (Lipinski definition) is 3. The topological polar surface area (TPSA) is 72.8 Å². The number of aliphatic hydroxyl groups excluding tert-OH is 2. The molecule has 3 N–H and O–H groups in total. The Morgan fingerprint density at radius 3 is 2.64 bits per heavy atom. The van der Waals surface area contributed by atoms with Crippen LogP contribution in [0.4, 0.5) is 0 Å². The average molecular weight is 200 g/mol. The van der Waals surface area contributed by atoms with Gasteiger partial charge >= 0.3 is 0 Å². The highest BCUT2D eigenvalue weighted by atomic mass is 16.3. The predicted octanol–water partition coefficient (Wildman–Crippen LogP) is -1.70. The second-order valence-electron chi connectivity index (χ2n) is 4.08. The standard InChI is InChI=1S/C9H16N2O3/c12-6-1-2-11(5-6)9(14)8-3-7(13)4-10-8/h6-8,10,12-13H,1-5H2. The molecule has 0 saturated carbocycles. The molecule has 2 rings (SSSR count). The van der Waals surface area contributed by atoms with Gasteiger partial charge in [-0.25, -0.2) is 0 Å². The lowest BCUT2D eigenvalue weighted by Gasteiger charge is -2.19. The van der Waals surface area contributed by atoms with Crippen molar-refractivity contribution in [1.82, 2.24) is 10.2 Å². The summed E-state index contributed by atoms with van der Waals surface area (Å²) in [5.41, 5.74) is 0. The smallest absolute Gasteiger partial charge is 0.239 e. The number of likely N-dealkylation sites (tertiary alicyclic amines) is 1. The van der Waals surface area contributed by atoms with Crippen molar-refractivity contribution in [3.63, 3.8) is 0 Å². The van der Waals surface area contributed by atoms with E-state index >= 15 is 0 Å². The van der Waals surface area contributed by atoms with Gasteiger partial charge in [-0.2, -0.15) is 0 Å². The minimum atomic E-state index is -0.406. The number of hydrogen-bond acceptors (Lipinski definition) is 4. The van der Waals surface area contributed by atoms with E-state index in [1.54, 1.807) is 4.90 Å². The van der Waals surface area contributed by atoms with E-state index in [4.69, 9.17) is 0 Å². The van der Waals surface area contributed by atoms with Gasteiger partial charge in [0.2, 0.25) is 5.91 Å². The molecule has 0 spiro atoms. The molecule has 2 aliphatic rings. The third kappa shape index (κ3) is 1.89. The summed E-state index contributed by atoms with van der Waals surface area (Å²) < 4.78 is 0. The van der Waals surface area contributed by atoms with E-state index in [-0.39, 0.29) is 18.1 Å². The Hall–Kier alpha value is -0.650. The van der Waals surface area contributed by atoms with Gasteiger partial charge in [-0.3, -0.25) is 4.79 Å². The van der Waals surface area contributed by atoms with Crippen LogP contribution in [-0.2, 0) is 4.79 Å². The monoisotopic (exact) mass is 200 g/mol. The zero-order chi connectivity index (χ0) is 10.1. The summed E-state index contributed by atoms with van der Waals surface area (Å²) in [7, 11) is 0. The zero-order valence-electron chi connectivity index (χ0n) is 8.02. The number of β-amino-alcohol motifs (C(OH)–C–C–N with tert-alkyl or cyclic N) is 2. The molecule has 0 radical (unpaired) electrons. The first-order valence-electron chi connectivity index (χ1n) is 5.05. The summed E-state index contributed by atoms with van der Waals surface area (Å²) in [6.07, 6.45) is 0.383. The quantitative estimate of drug-likeness (QED) is 0.472. The molecular weight excluding hydrogens is 184 g/mol. The van der Waals surface area contributed by atoms with Crippen molar-refractivity contribution in [2.75, 3.05) is 19.6 Å². The zero-order valence-corrected chi connectivity index (χ0v) is 8.02. The highest BCUT2D eigenvalue weighted by molar-refractivity contribution is 5.82. The molecule has 0 aliphatic carbocycles. The summed E-state index contributed by atoms with van der Waals surface area (Å²) >= 11 is 0. The Balaban J connectivity index is 1.89. The second-order valence-corrected chi connectivity index (χ2v) is 4.08. The van der Waals surface area contributed by atoms with Crippen molar-refractivity contribution in [2.24, 2.45) is 0 Å². The Kier molecular flexibility index (Phi) is 2.71. The van der Waals surface area contributed by atoms with Crippen LogP contribution in [0.1, 0.15) is 12.8 Å². The minimum Gasteiger partial charge on any atom is -0.392 e. The molecule has 0 aromatic heterocycles. The molecule has 14 heavy (non-hydrogen) atoms. The van der Waals surface area contributed by atoms with Crippen molar-refractivity contribution >= 4 is 5.91 Å².